The van der Waals surface area contributed by atoms with E-state index in [2.05, 4.69) is 165 Å². The number of rotatable bonds is 71. The highest BCUT2D eigenvalue weighted by Gasteiger charge is 2.51. The summed E-state index contributed by atoms with van der Waals surface area (Å²) in [4.78, 5) is 13.4. The van der Waals surface area contributed by atoms with Crippen LogP contribution in [0.3, 0.4) is 0 Å². The number of ether oxygens (including phenoxy) is 4. The molecule has 0 radical (unpaired) electrons. The molecule has 0 aliphatic carbocycles. The van der Waals surface area contributed by atoms with E-state index in [-0.39, 0.29) is 18.9 Å². The lowest BCUT2D eigenvalue weighted by atomic mass is 9.97. The highest BCUT2D eigenvalue weighted by Crippen LogP contribution is 2.30. The van der Waals surface area contributed by atoms with Crippen molar-refractivity contribution >= 4 is 5.91 Å². The number of hydrogen-bond acceptors (Lipinski definition) is 13. The molecule has 2 heterocycles. The second-order valence-electron chi connectivity index (χ2n) is 29.6. The minimum Gasteiger partial charge on any atom is -0.394 e. The Morgan fingerprint density at radius 2 is 0.654 bits per heavy atom. The van der Waals surface area contributed by atoms with Gasteiger partial charge in [-0.25, -0.2) is 0 Å². The van der Waals surface area contributed by atoms with Crippen LogP contribution in [-0.2, 0) is 23.7 Å². The third-order valence-electron chi connectivity index (χ3n) is 19.9. The van der Waals surface area contributed by atoms with Crippen molar-refractivity contribution in [2.45, 2.75) is 402 Å². The van der Waals surface area contributed by atoms with Gasteiger partial charge in [-0.05, 0) is 122 Å². The Balaban J connectivity index is 1.63. The van der Waals surface area contributed by atoms with Gasteiger partial charge in [0.25, 0.3) is 0 Å². The van der Waals surface area contributed by atoms with Gasteiger partial charge in [0.2, 0.25) is 5.91 Å². The lowest BCUT2D eigenvalue weighted by Gasteiger charge is -2.46. The molecule has 14 nitrogen and oxygen atoms in total. The molecule has 1 amide bonds. The Kier molecular flexibility index (Phi) is 68.6. The van der Waals surface area contributed by atoms with Crippen LogP contribution in [0.4, 0.5) is 0 Å². The number of carbonyl (C=O) groups is 1. The van der Waals surface area contributed by atoms with E-state index in [9.17, 15) is 45.6 Å². The predicted octanol–water partition coefficient (Wildman–Crippen LogP) is 20.9. The molecule has 9 N–H and O–H groups in total. The fourth-order valence-corrected chi connectivity index (χ4v) is 13.2. The van der Waals surface area contributed by atoms with Crippen LogP contribution in [0, 0.1) is 0 Å². The van der Waals surface area contributed by atoms with Crippen molar-refractivity contribution < 1.29 is 64.6 Å². The number of allylic oxidation sites excluding steroid dienone is 25. The molecule has 2 aliphatic heterocycles. The average molecular weight is 1500 g/mol. The van der Waals surface area contributed by atoms with Crippen molar-refractivity contribution in [2.24, 2.45) is 0 Å². The number of hydrogen-bond donors (Lipinski definition) is 9. The summed E-state index contributed by atoms with van der Waals surface area (Å²) < 4.78 is 22.9. The van der Waals surface area contributed by atoms with Crippen LogP contribution in [0.1, 0.15) is 328 Å². The maximum absolute atomic E-state index is 13.4. The number of nitrogens with one attached hydrogen (secondary N) is 1. The number of aliphatic hydroxyl groups excluding tert-OH is 8. The van der Waals surface area contributed by atoms with Crippen LogP contribution in [0.15, 0.2) is 158 Å². The maximum atomic E-state index is 13.4. The Labute approximate surface area is 652 Å². The second kappa shape index (κ2) is 74.4. The van der Waals surface area contributed by atoms with Crippen LogP contribution in [0.5, 0.6) is 0 Å². The SMILES string of the molecule is CC/C=C\C/C=C\C/C=C\C/C=C\C/C=C\C/C=C\C/C=C\C/C=C\C/C=C\C/C=C\CCCCCCCCCCCCC(=O)NC(COC1OC(CO)C(OC2OC(CO)C(O)C(O)C2O)C(O)C1O)C(O)/C=C/CC/C=C/CC/C=C/CCCCCCCCCCCCCCCCCCCCCCCC. The van der Waals surface area contributed by atoms with Gasteiger partial charge < -0.3 is 65.1 Å². The minimum atomic E-state index is -1.80. The number of amides is 1. The molecule has 107 heavy (non-hydrogen) atoms. The van der Waals surface area contributed by atoms with Gasteiger partial charge in [0.1, 0.15) is 48.8 Å². The van der Waals surface area contributed by atoms with E-state index in [1.165, 1.54) is 180 Å². The van der Waals surface area contributed by atoms with E-state index in [1.54, 1.807) is 6.08 Å². The van der Waals surface area contributed by atoms with Crippen molar-refractivity contribution in [3.8, 4) is 0 Å². The minimum absolute atomic E-state index is 0.255. The van der Waals surface area contributed by atoms with E-state index in [0.717, 1.165) is 116 Å². The largest absolute Gasteiger partial charge is 0.394 e. The standard InChI is InChI=1S/C93H157NO13/c1-3-5-7-9-11-13-15-17-19-21-23-25-27-29-31-33-35-37-38-39-40-41-42-43-44-45-47-49-51-53-55-57-59-61-63-65-67-69-71-73-75-77-85(98)94-81(80-104-92-90(103)88(101)91(84(79-96)106-92)107-93-89(102)87(100)86(99)83(78-95)105-93)82(97)76-74-72-70-68-66-64-62-60-58-56-54-52-50-48-46-36-34-32-30-28-26-24-22-20-18-16-14-12-10-8-6-4-2/h5,7,11,13,17,19,23,25,29,31,35,37,39-40,42-43,45,47,51,53,58,60,66,68,74,76,81-84,86-93,95-97,99-103H,3-4,6,8-10,12,14-16,18,20-22,24,26-28,30,32-34,36,38,41,44,46,48-50,52,54-57,59,61-65,67,69-73,75,77-80H2,1-2H3,(H,94,98)/b7-5-,13-11-,19-17-,25-23-,31-29-,37-35-,40-39-,43-42-,47-45-,53-51-,60-58+,68-66+,76-74+. The molecule has 12 atom stereocenters. The normalized spacial score (nSPS) is 22.0. The summed E-state index contributed by atoms with van der Waals surface area (Å²) >= 11 is 0. The molecule has 14 heteroatoms. The van der Waals surface area contributed by atoms with Crippen molar-refractivity contribution in [2.75, 3.05) is 19.8 Å². The lowest BCUT2D eigenvalue weighted by Crippen LogP contribution is -2.65. The van der Waals surface area contributed by atoms with E-state index in [1.807, 2.05) is 6.08 Å². The third kappa shape index (κ3) is 56.5. The molecular formula is C93H157NO13. The number of aliphatic hydroxyl groups is 8. The first kappa shape index (κ1) is 98.7. The van der Waals surface area contributed by atoms with Crippen LogP contribution in [0.2, 0.25) is 0 Å². The summed E-state index contributed by atoms with van der Waals surface area (Å²) in [5, 5.41) is 87.8. The molecule has 2 aliphatic rings. The average Bonchev–Trinajstić information content (AvgIpc) is 0.789. The van der Waals surface area contributed by atoms with Gasteiger partial charge >= 0.3 is 0 Å². The number of carbonyl (C=O) groups excluding carboxylic acids is 1. The van der Waals surface area contributed by atoms with Gasteiger partial charge in [0.15, 0.2) is 12.6 Å². The van der Waals surface area contributed by atoms with Crippen molar-refractivity contribution in [1.82, 2.24) is 5.32 Å². The fraction of sp³-hybridized carbons (Fsp3) is 0.710. The predicted molar refractivity (Wildman–Crippen MR) is 447 cm³/mol. The Morgan fingerprint density at radius 1 is 0.346 bits per heavy atom. The zero-order chi connectivity index (χ0) is 77.2. The van der Waals surface area contributed by atoms with Crippen molar-refractivity contribution in [1.29, 1.82) is 0 Å². The molecule has 612 valence electrons. The molecule has 0 aromatic rings. The highest BCUT2D eigenvalue weighted by molar-refractivity contribution is 5.76. The summed E-state index contributed by atoms with van der Waals surface area (Å²) in [6, 6.07) is -0.954. The molecule has 2 fully saturated rings. The van der Waals surface area contributed by atoms with Crippen LogP contribution < -0.4 is 5.32 Å². The zero-order valence-corrected chi connectivity index (χ0v) is 67.3. The monoisotopic (exact) mass is 1500 g/mol. The first-order valence-electron chi connectivity index (χ1n) is 43.2. The van der Waals surface area contributed by atoms with Crippen molar-refractivity contribution in [3.05, 3.63) is 158 Å². The number of unbranched alkanes of at least 4 members (excludes halogenated alkanes) is 34. The van der Waals surface area contributed by atoms with Gasteiger partial charge in [0.05, 0.1) is 32.0 Å². The molecule has 12 unspecified atom stereocenters. The van der Waals surface area contributed by atoms with E-state index >= 15 is 0 Å². The lowest BCUT2D eigenvalue weighted by molar-refractivity contribution is -0.359. The van der Waals surface area contributed by atoms with Crippen molar-refractivity contribution in [3.63, 3.8) is 0 Å². The molecule has 0 spiro atoms. The molecule has 0 bridgehead atoms. The topological polar surface area (TPSA) is 228 Å². The molecule has 2 saturated heterocycles. The van der Waals surface area contributed by atoms with E-state index in [4.69, 9.17) is 18.9 Å². The Hall–Kier alpha value is -4.39. The molecule has 0 saturated carbocycles. The highest BCUT2D eigenvalue weighted by atomic mass is 16.7. The quantitative estimate of drug-likeness (QED) is 0.0204. The summed E-state index contributed by atoms with van der Waals surface area (Å²) in [5.74, 6) is -0.261. The molecule has 0 aromatic carbocycles. The summed E-state index contributed by atoms with van der Waals surface area (Å²) in [7, 11) is 0. The third-order valence-corrected chi connectivity index (χ3v) is 19.9. The summed E-state index contributed by atoms with van der Waals surface area (Å²) in [6.45, 7) is 2.69. The fourth-order valence-electron chi connectivity index (χ4n) is 13.2. The first-order chi connectivity index (χ1) is 52.6. The van der Waals surface area contributed by atoms with E-state index in [0.29, 0.717) is 12.8 Å². The smallest absolute Gasteiger partial charge is 0.220 e. The Morgan fingerprint density at radius 3 is 1.03 bits per heavy atom. The summed E-state index contributed by atoms with van der Waals surface area (Å²) in [5.41, 5.74) is 0. The van der Waals surface area contributed by atoms with Gasteiger partial charge in [0, 0.05) is 6.42 Å². The van der Waals surface area contributed by atoms with Gasteiger partial charge in [-0.2, -0.15) is 0 Å². The first-order valence-corrected chi connectivity index (χ1v) is 43.2. The van der Waals surface area contributed by atoms with Gasteiger partial charge in [-0.15, -0.1) is 0 Å². The van der Waals surface area contributed by atoms with E-state index < -0.39 is 86.8 Å². The maximum Gasteiger partial charge on any atom is 0.220 e. The van der Waals surface area contributed by atoms with Crippen LogP contribution in [-0.4, -0.2) is 140 Å². The zero-order valence-electron chi connectivity index (χ0n) is 67.3. The molecule has 2 rings (SSSR count). The second-order valence-corrected chi connectivity index (χ2v) is 29.6. The summed E-state index contributed by atoms with van der Waals surface area (Å²) in [6.07, 6.45) is 97.6. The van der Waals surface area contributed by atoms with Gasteiger partial charge in [-0.3, -0.25) is 4.79 Å². The van der Waals surface area contributed by atoms with Crippen LogP contribution in [0.25, 0.3) is 0 Å². The van der Waals surface area contributed by atoms with Gasteiger partial charge in [-0.1, -0.05) is 358 Å². The molecular weight excluding hydrogens is 1340 g/mol. The Bertz CT molecular complexity index is 2420. The van der Waals surface area contributed by atoms with Crippen LogP contribution >= 0.6 is 0 Å². The molecule has 0 aromatic heterocycles.